The van der Waals surface area contributed by atoms with Crippen LogP contribution in [0.3, 0.4) is 0 Å². The van der Waals surface area contributed by atoms with Crippen LogP contribution in [-0.2, 0) is 16.1 Å². The van der Waals surface area contributed by atoms with Gasteiger partial charge in [-0.1, -0.05) is 48.0 Å². The Labute approximate surface area is 224 Å². The summed E-state index contributed by atoms with van der Waals surface area (Å²) in [4.78, 5) is 24.3. The highest BCUT2D eigenvalue weighted by atomic mass is 35.5. The van der Waals surface area contributed by atoms with Gasteiger partial charge in [0.05, 0.1) is 24.8 Å². The number of nitrogens with zero attached hydrogens (tertiary/aromatic N) is 1. The molecule has 0 aliphatic rings. The number of nitrogens with one attached hydrogen (secondary N) is 1. The fourth-order valence-corrected chi connectivity index (χ4v) is 4.04. The maximum absolute atomic E-state index is 12.7. The molecule has 4 aromatic carbocycles. The minimum Gasteiger partial charge on any atom is -0.493 e. The van der Waals surface area contributed by atoms with Crippen LogP contribution >= 0.6 is 11.6 Å². The van der Waals surface area contributed by atoms with Crippen molar-refractivity contribution in [3.05, 3.63) is 106 Å². The van der Waals surface area contributed by atoms with E-state index in [9.17, 15) is 14.9 Å². The number of fused-ring (bicyclic) bond motifs is 1. The van der Waals surface area contributed by atoms with Gasteiger partial charge in [-0.25, -0.2) is 4.79 Å². The molecule has 190 valence electrons. The number of rotatable bonds is 8. The SMILES string of the molecule is COC(=O)c1ccc(NC(=O)/C(C#N)=C/c2cc(Cl)c(OCc3ccc4ccccc4c3)c(OC)c2)cc1. The van der Waals surface area contributed by atoms with E-state index in [1.54, 1.807) is 24.3 Å². The molecule has 0 saturated heterocycles. The topological polar surface area (TPSA) is 97.7 Å². The van der Waals surface area contributed by atoms with Gasteiger partial charge in [0.15, 0.2) is 11.5 Å². The largest absolute Gasteiger partial charge is 0.493 e. The Morgan fingerprint density at radius 2 is 1.71 bits per heavy atom. The number of halogens is 1. The number of carbonyl (C=O) groups excluding carboxylic acids is 2. The van der Waals surface area contributed by atoms with Crippen molar-refractivity contribution in [1.82, 2.24) is 0 Å². The first kappa shape index (κ1) is 26.3. The van der Waals surface area contributed by atoms with Crippen LogP contribution in [0.2, 0.25) is 5.02 Å². The first-order chi connectivity index (χ1) is 18.4. The second-order valence-corrected chi connectivity index (χ2v) is 8.60. The van der Waals surface area contributed by atoms with Crippen molar-refractivity contribution in [2.45, 2.75) is 6.61 Å². The summed E-state index contributed by atoms with van der Waals surface area (Å²) in [6, 6.07) is 25.4. The van der Waals surface area contributed by atoms with E-state index < -0.39 is 11.9 Å². The van der Waals surface area contributed by atoms with Crippen molar-refractivity contribution in [2.75, 3.05) is 19.5 Å². The van der Waals surface area contributed by atoms with Gasteiger partial charge < -0.3 is 19.5 Å². The zero-order chi connectivity index (χ0) is 27.1. The molecular formula is C30H23ClN2O5. The quantitative estimate of drug-likeness (QED) is 0.162. The normalized spacial score (nSPS) is 10.9. The summed E-state index contributed by atoms with van der Waals surface area (Å²) in [6.07, 6.45) is 1.40. The van der Waals surface area contributed by atoms with E-state index in [1.165, 1.54) is 32.4 Å². The summed E-state index contributed by atoms with van der Waals surface area (Å²) in [5.41, 5.74) is 2.06. The second-order valence-electron chi connectivity index (χ2n) is 8.20. The standard InChI is InChI=1S/C30H23ClN2O5/c1-36-27-16-20(14-24(17-32)29(34)33-25-11-9-22(10-12-25)30(35)37-2)15-26(31)28(27)38-18-19-7-8-21-5-3-4-6-23(21)13-19/h3-16H,18H2,1-2H3,(H,33,34)/b24-14+. The first-order valence-corrected chi connectivity index (χ1v) is 11.9. The highest BCUT2D eigenvalue weighted by molar-refractivity contribution is 6.32. The van der Waals surface area contributed by atoms with Crippen LogP contribution < -0.4 is 14.8 Å². The van der Waals surface area contributed by atoms with Crippen LogP contribution in [0.4, 0.5) is 5.69 Å². The Kier molecular flexibility index (Phi) is 8.27. The number of esters is 1. The smallest absolute Gasteiger partial charge is 0.337 e. The number of ether oxygens (including phenoxy) is 3. The van der Waals surface area contributed by atoms with Crippen LogP contribution in [0.1, 0.15) is 21.5 Å². The molecule has 0 aliphatic heterocycles. The molecule has 0 spiro atoms. The van der Waals surface area contributed by atoms with Crippen molar-refractivity contribution in [2.24, 2.45) is 0 Å². The third-order valence-electron chi connectivity index (χ3n) is 5.69. The third kappa shape index (κ3) is 6.12. The lowest BCUT2D eigenvalue weighted by molar-refractivity contribution is -0.112. The lowest BCUT2D eigenvalue weighted by atomic mass is 10.1. The van der Waals surface area contributed by atoms with Gasteiger partial charge in [-0.3, -0.25) is 4.79 Å². The Hall–Kier alpha value is -4.80. The summed E-state index contributed by atoms with van der Waals surface area (Å²) in [6.45, 7) is 0.275. The number of hydrogen-bond donors (Lipinski definition) is 1. The van der Waals surface area contributed by atoms with E-state index in [0.717, 1.165) is 16.3 Å². The number of nitriles is 1. The van der Waals surface area contributed by atoms with E-state index in [0.29, 0.717) is 28.3 Å². The molecule has 0 bridgehead atoms. The number of hydrogen-bond acceptors (Lipinski definition) is 6. The molecule has 8 heteroatoms. The Balaban J connectivity index is 1.50. The van der Waals surface area contributed by atoms with Gasteiger partial charge in [0.25, 0.3) is 5.91 Å². The van der Waals surface area contributed by atoms with E-state index in [2.05, 4.69) is 10.1 Å². The molecule has 0 saturated carbocycles. The van der Waals surface area contributed by atoms with Crippen molar-refractivity contribution in [3.8, 4) is 17.6 Å². The predicted octanol–water partition coefficient (Wildman–Crippen LogP) is 6.41. The average Bonchev–Trinajstić information content (AvgIpc) is 2.94. The highest BCUT2D eigenvalue weighted by Gasteiger charge is 2.15. The monoisotopic (exact) mass is 526 g/mol. The van der Waals surface area contributed by atoms with E-state index >= 15 is 0 Å². The van der Waals surface area contributed by atoms with E-state index in [1.807, 2.05) is 48.5 Å². The predicted molar refractivity (Wildman–Crippen MR) is 146 cm³/mol. The van der Waals surface area contributed by atoms with Crippen LogP contribution in [0.15, 0.2) is 84.4 Å². The summed E-state index contributed by atoms with van der Waals surface area (Å²) < 4.78 is 16.1. The molecule has 0 heterocycles. The molecule has 1 amide bonds. The van der Waals surface area contributed by atoms with Crippen LogP contribution in [0.25, 0.3) is 16.8 Å². The van der Waals surface area contributed by atoms with Gasteiger partial charge in [0.2, 0.25) is 0 Å². The minimum atomic E-state index is -0.620. The first-order valence-electron chi connectivity index (χ1n) is 11.5. The number of methoxy groups -OCH3 is 2. The summed E-state index contributed by atoms with van der Waals surface area (Å²) >= 11 is 6.51. The van der Waals surface area contributed by atoms with Crippen molar-refractivity contribution < 1.29 is 23.8 Å². The molecule has 0 atom stereocenters. The van der Waals surface area contributed by atoms with Gasteiger partial charge in [-0.15, -0.1) is 0 Å². The van der Waals surface area contributed by atoms with Crippen molar-refractivity contribution in [3.63, 3.8) is 0 Å². The Bertz CT molecular complexity index is 1570. The van der Waals surface area contributed by atoms with E-state index in [4.69, 9.17) is 21.1 Å². The van der Waals surface area contributed by atoms with Gasteiger partial charge in [-0.05, 0) is 70.4 Å². The summed E-state index contributed by atoms with van der Waals surface area (Å²) in [5, 5.41) is 14.7. The molecule has 38 heavy (non-hydrogen) atoms. The maximum atomic E-state index is 12.7. The average molecular weight is 527 g/mol. The zero-order valence-electron chi connectivity index (χ0n) is 20.7. The van der Waals surface area contributed by atoms with Crippen LogP contribution in [-0.4, -0.2) is 26.1 Å². The van der Waals surface area contributed by atoms with E-state index in [-0.39, 0.29) is 17.2 Å². The molecule has 0 aliphatic carbocycles. The van der Waals surface area contributed by atoms with Crippen molar-refractivity contribution in [1.29, 1.82) is 5.26 Å². The summed E-state index contributed by atoms with van der Waals surface area (Å²) in [5.74, 6) is -0.394. The molecule has 0 fully saturated rings. The number of benzene rings is 4. The highest BCUT2D eigenvalue weighted by Crippen LogP contribution is 2.37. The molecule has 4 rings (SSSR count). The Morgan fingerprint density at radius 3 is 2.39 bits per heavy atom. The van der Waals surface area contributed by atoms with Gasteiger partial charge in [0, 0.05) is 5.69 Å². The summed E-state index contributed by atoms with van der Waals surface area (Å²) in [7, 11) is 2.77. The molecule has 0 aromatic heterocycles. The fraction of sp³-hybridized carbons (Fsp3) is 0.100. The second kappa shape index (κ2) is 12.0. The van der Waals surface area contributed by atoms with Crippen LogP contribution in [0.5, 0.6) is 11.5 Å². The maximum Gasteiger partial charge on any atom is 0.337 e. The molecule has 0 radical (unpaired) electrons. The molecule has 0 unspecified atom stereocenters. The zero-order valence-corrected chi connectivity index (χ0v) is 21.4. The lowest BCUT2D eigenvalue weighted by Crippen LogP contribution is -2.13. The minimum absolute atomic E-state index is 0.148. The number of anilines is 1. The van der Waals surface area contributed by atoms with Crippen molar-refractivity contribution >= 4 is 46.0 Å². The number of carbonyl (C=O) groups is 2. The van der Waals surface area contributed by atoms with Gasteiger partial charge in [-0.2, -0.15) is 5.26 Å². The molecule has 4 aromatic rings. The van der Waals surface area contributed by atoms with Gasteiger partial charge >= 0.3 is 5.97 Å². The number of amides is 1. The van der Waals surface area contributed by atoms with Crippen LogP contribution in [0, 0.1) is 11.3 Å². The lowest BCUT2D eigenvalue weighted by Gasteiger charge is -2.14. The van der Waals surface area contributed by atoms with Gasteiger partial charge in [0.1, 0.15) is 18.2 Å². The fourth-order valence-electron chi connectivity index (χ4n) is 3.77. The molecular weight excluding hydrogens is 504 g/mol. The third-order valence-corrected chi connectivity index (χ3v) is 5.97. The molecule has 7 nitrogen and oxygen atoms in total. The molecule has 1 N–H and O–H groups in total. The Morgan fingerprint density at radius 1 is 0.974 bits per heavy atom.